The lowest BCUT2D eigenvalue weighted by Gasteiger charge is -1.99. The molecule has 1 radical (unpaired) electrons. The average molecular weight is 137 g/mol. The molecule has 0 unspecified atom stereocenters. The molecule has 1 rings (SSSR count). The van der Waals surface area contributed by atoms with Gasteiger partial charge in [-0.05, 0) is 23.3 Å². The number of hydrogen-bond acceptors (Lipinski definition) is 1. The van der Waals surface area contributed by atoms with Crippen molar-refractivity contribution in [3.63, 3.8) is 0 Å². The lowest BCUT2D eigenvalue weighted by Crippen LogP contribution is -1.89. The summed E-state index contributed by atoms with van der Waals surface area (Å²) in [6.45, 7) is 2.11. The molecule has 0 bridgehead atoms. The van der Waals surface area contributed by atoms with Crippen molar-refractivity contribution in [1.82, 2.24) is 0 Å². The minimum atomic E-state index is 0.159. The molecule has 2 nitrogen and oxygen atoms in total. The van der Waals surface area contributed by atoms with E-state index in [1.54, 1.807) is 0 Å². The second kappa shape index (κ2) is 3.34. The van der Waals surface area contributed by atoms with Crippen LogP contribution in [0.25, 0.3) is 0 Å². The summed E-state index contributed by atoms with van der Waals surface area (Å²) in [4.78, 5) is 3.76. The Kier molecular flexibility index (Phi) is 2.42. The molecule has 0 saturated carbocycles. The first-order valence-electron chi connectivity index (χ1n) is 3.14. The molecule has 0 saturated heterocycles. The SMILES string of the molecule is Cc1ccccc1CO[O]. The van der Waals surface area contributed by atoms with Crippen LogP contribution < -0.4 is 0 Å². The van der Waals surface area contributed by atoms with E-state index in [4.69, 9.17) is 0 Å². The normalized spacial score (nSPS) is 9.80. The summed E-state index contributed by atoms with van der Waals surface area (Å²) in [6, 6.07) is 7.66. The Bertz CT molecular complexity index is 208. The molecule has 10 heavy (non-hydrogen) atoms. The van der Waals surface area contributed by atoms with E-state index in [0.717, 1.165) is 11.1 Å². The topological polar surface area (TPSA) is 29.1 Å². The second-order valence-corrected chi connectivity index (χ2v) is 2.19. The first-order chi connectivity index (χ1) is 4.84. The van der Waals surface area contributed by atoms with Gasteiger partial charge in [-0.15, -0.1) is 0 Å². The Morgan fingerprint density at radius 1 is 1.40 bits per heavy atom. The molecule has 2 heteroatoms. The van der Waals surface area contributed by atoms with Gasteiger partial charge in [-0.3, -0.25) is 0 Å². The summed E-state index contributed by atoms with van der Waals surface area (Å²) < 4.78 is 0. The van der Waals surface area contributed by atoms with Crippen LogP contribution in [-0.2, 0) is 16.8 Å². The first-order valence-corrected chi connectivity index (χ1v) is 3.14. The highest BCUT2D eigenvalue weighted by atomic mass is 17.1. The molecule has 0 aliphatic carbocycles. The fourth-order valence-corrected chi connectivity index (χ4v) is 0.836. The summed E-state index contributed by atoms with van der Waals surface area (Å²) in [5.41, 5.74) is 2.05. The second-order valence-electron chi connectivity index (χ2n) is 2.19. The average Bonchev–Trinajstić information content (AvgIpc) is 1.94. The fourth-order valence-electron chi connectivity index (χ4n) is 0.836. The van der Waals surface area contributed by atoms with Crippen LogP contribution in [0, 0.1) is 6.92 Å². The van der Waals surface area contributed by atoms with Gasteiger partial charge >= 0.3 is 0 Å². The van der Waals surface area contributed by atoms with Crippen molar-refractivity contribution in [1.29, 1.82) is 0 Å². The first kappa shape index (κ1) is 7.25. The van der Waals surface area contributed by atoms with Gasteiger partial charge < -0.3 is 0 Å². The predicted molar refractivity (Wildman–Crippen MR) is 36.7 cm³/mol. The van der Waals surface area contributed by atoms with Gasteiger partial charge in [0.2, 0.25) is 0 Å². The minimum absolute atomic E-state index is 0.159. The van der Waals surface area contributed by atoms with Crippen molar-refractivity contribution in [3.8, 4) is 0 Å². The van der Waals surface area contributed by atoms with Crippen LogP contribution in [-0.4, -0.2) is 0 Å². The number of rotatable bonds is 2. The van der Waals surface area contributed by atoms with E-state index < -0.39 is 0 Å². The van der Waals surface area contributed by atoms with E-state index in [-0.39, 0.29) is 6.61 Å². The van der Waals surface area contributed by atoms with Gasteiger partial charge in [0.15, 0.2) is 0 Å². The van der Waals surface area contributed by atoms with Crippen LogP contribution in [0.2, 0.25) is 0 Å². The van der Waals surface area contributed by atoms with Crippen LogP contribution in [0.3, 0.4) is 0 Å². The molecule has 0 aliphatic heterocycles. The van der Waals surface area contributed by atoms with Crippen LogP contribution in [0.4, 0.5) is 0 Å². The standard InChI is InChI=1S/C8H9O2/c1-7-4-2-3-5-8(7)6-10-9/h2-5H,6H2,1H3. The Labute approximate surface area is 60.0 Å². The third-order valence-corrected chi connectivity index (χ3v) is 1.48. The molecule has 0 atom stereocenters. The fraction of sp³-hybridized carbons (Fsp3) is 0.250. The van der Waals surface area contributed by atoms with Crippen molar-refractivity contribution < 1.29 is 10.1 Å². The van der Waals surface area contributed by atoms with Crippen molar-refractivity contribution in [2.24, 2.45) is 0 Å². The molecule has 0 amide bonds. The monoisotopic (exact) mass is 137 g/mol. The van der Waals surface area contributed by atoms with Crippen LogP contribution in [0.15, 0.2) is 24.3 Å². The smallest absolute Gasteiger partial charge is 0.111 e. The van der Waals surface area contributed by atoms with E-state index in [0.29, 0.717) is 0 Å². The van der Waals surface area contributed by atoms with Crippen LogP contribution in [0.5, 0.6) is 0 Å². The Balaban J connectivity index is 2.81. The molecule has 0 N–H and O–H groups in total. The molecule has 0 heterocycles. The maximum absolute atomic E-state index is 9.75. The highest BCUT2D eigenvalue weighted by molar-refractivity contribution is 5.24. The zero-order chi connectivity index (χ0) is 7.40. The maximum atomic E-state index is 9.75. The Morgan fingerprint density at radius 3 is 2.70 bits per heavy atom. The molecule has 0 aliphatic rings. The summed E-state index contributed by atoms with van der Waals surface area (Å²) in [7, 11) is 0. The van der Waals surface area contributed by atoms with Crippen molar-refractivity contribution in [2.45, 2.75) is 13.5 Å². The molecule has 1 aromatic carbocycles. The maximum Gasteiger partial charge on any atom is 0.111 e. The van der Waals surface area contributed by atoms with Gasteiger partial charge in [-0.1, -0.05) is 24.3 Å². The molecular weight excluding hydrogens is 128 g/mol. The molecule has 0 spiro atoms. The third-order valence-electron chi connectivity index (χ3n) is 1.48. The van der Waals surface area contributed by atoms with Crippen molar-refractivity contribution >= 4 is 0 Å². The highest BCUT2D eigenvalue weighted by Crippen LogP contribution is 2.06. The summed E-state index contributed by atoms with van der Waals surface area (Å²) >= 11 is 0. The highest BCUT2D eigenvalue weighted by Gasteiger charge is 1.94. The molecular formula is C8H9O2. The van der Waals surface area contributed by atoms with E-state index >= 15 is 0 Å². The number of hydrogen-bond donors (Lipinski definition) is 0. The lowest BCUT2D eigenvalue weighted by atomic mass is 10.1. The van der Waals surface area contributed by atoms with Crippen molar-refractivity contribution in [2.75, 3.05) is 0 Å². The van der Waals surface area contributed by atoms with E-state index in [1.807, 2.05) is 31.2 Å². The third kappa shape index (κ3) is 1.56. The quantitative estimate of drug-likeness (QED) is 0.451. The van der Waals surface area contributed by atoms with Crippen LogP contribution >= 0.6 is 0 Å². The van der Waals surface area contributed by atoms with Gasteiger partial charge in [0, 0.05) is 0 Å². The molecule has 53 valence electrons. The largest absolute Gasteiger partial charge is 0.199 e. The molecule has 0 fully saturated rings. The zero-order valence-electron chi connectivity index (χ0n) is 5.83. The van der Waals surface area contributed by atoms with Gasteiger partial charge in [0.05, 0.1) is 0 Å². The number of benzene rings is 1. The van der Waals surface area contributed by atoms with E-state index in [2.05, 4.69) is 4.89 Å². The van der Waals surface area contributed by atoms with E-state index in [9.17, 15) is 5.26 Å². The van der Waals surface area contributed by atoms with Gasteiger partial charge in [-0.25, -0.2) is 0 Å². The summed E-state index contributed by atoms with van der Waals surface area (Å²) in [6.07, 6.45) is 0. The van der Waals surface area contributed by atoms with Gasteiger partial charge in [0.25, 0.3) is 0 Å². The van der Waals surface area contributed by atoms with Gasteiger partial charge in [-0.2, -0.15) is 4.89 Å². The predicted octanol–water partition coefficient (Wildman–Crippen LogP) is 1.86. The minimum Gasteiger partial charge on any atom is -0.199 e. The zero-order valence-corrected chi connectivity index (χ0v) is 5.83. The van der Waals surface area contributed by atoms with Gasteiger partial charge in [0.1, 0.15) is 6.61 Å². The molecule has 0 aromatic heterocycles. The van der Waals surface area contributed by atoms with Crippen molar-refractivity contribution in [3.05, 3.63) is 35.4 Å². The van der Waals surface area contributed by atoms with E-state index in [1.165, 1.54) is 0 Å². The Morgan fingerprint density at radius 2 is 2.10 bits per heavy atom. The Hall–Kier alpha value is -0.860. The summed E-state index contributed by atoms with van der Waals surface area (Å²) in [5.74, 6) is 0. The molecule has 1 aromatic rings. The summed E-state index contributed by atoms with van der Waals surface area (Å²) in [5, 5.41) is 9.75. The van der Waals surface area contributed by atoms with Crippen LogP contribution in [0.1, 0.15) is 11.1 Å². The number of aryl methyl sites for hydroxylation is 1. The lowest BCUT2D eigenvalue weighted by molar-refractivity contribution is -0.313.